The number of carbonyl (C=O) groups is 1. The number of alkyl halides is 2. The summed E-state index contributed by atoms with van der Waals surface area (Å²) in [6.07, 6.45) is 0.553. The molecule has 4 heteroatoms. The Hall–Kier alpha value is 0.0500. The van der Waals surface area contributed by atoms with Crippen LogP contribution in [0, 0.1) is 5.92 Å². The topological polar surface area (TPSA) is 40.1 Å². The summed E-state index contributed by atoms with van der Waals surface area (Å²) in [5.41, 5.74) is 0. The molecule has 0 amide bonds. The van der Waals surface area contributed by atoms with Gasteiger partial charge in [0.25, 0.3) is 0 Å². The monoisotopic (exact) mass is 167 g/mol. The number of carboxylic acids is 1. The quantitative estimate of drug-likeness (QED) is 0.557. The Balaban J connectivity index is 2.28. The van der Waals surface area contributed by atoms with Gasteiger partial charge in [-0.2, -0.15) is 0 Å². The van der Waals surface area contributed by atoms with E-state index in [9.17, 15) is 9.90 Å². The van der Waals surface area contributed by atoms with Gasteiger partial charge in [-0.1, -0.05) is 0 Å². The summed E-state index contributed by atoms with van der Waals surface area (Å²) in [7, 11) is 0. The van der Waals surface area contributed by atoms with Crippen molar-refractivity contribution in [2.24, 2.45) is 5.92 Å². The summed E-state index contributed by atoms with van der Waals surface area (Å²) < 4.78 is -0.778. The fraction of sp³-hybridized carbons (Fsp3) is 0.800. The van der Waals surface area contributed by atoms with Crippen molar-refractivity contribution in [3.63, 3.8) is 0 Å². The predicted octanol–water partition coefficient (Wildman–Crippen LogP) is 0.320. The Morgan fingerprint density at radius 3 is 2.33 bits per heavy atom. The minimum Gasteiger partial charge on any atom is -0.550 e. The first kappa shape index (κ1) is 7.16. The Morgan fingerprint density at radius 1 is 1.78 bits per heavy atom. The number of hydrogen-bond acceptors (Lipinski definition) is 2. The van der Waals surface area contributed by atoms with Gasteiger partial charge in [-0.3, -0.25) is 0 Å². The second kappa shape index (κ2) is 2.03. The first-order valence-electron chi connectivity index (χ1n) is 2.60. The third kappa shape index (κ3) is 1.73. The van der Waals surface area contributed by atoms with Crippen LogP contribution in [-0.2, 0) is 4.79 Å². The standard InChI is InChI=1S/C5H6Cl2O2/c6-5(7)2-3(5)1-4(8)9/h3H,1-2H2,(H,8,9)/p-1. The van der Waals surface area contributed by atoms with Gasteiger partial charge in [-0.05, 0) is 18.8 Å². The number of carboxylic acid groups (broad SMARTS) is 1. The van der Waals surface area contributed by atoms with Crippen molar-refractivity contribution in [2.45, 2.75) is 17.2 Å². The highest BCUT2D eigenvalue weighted by Gasteiger charge is 2.51. The zero-order valence-corrected chi connectivity index (χ0v) is 6.08. The first-order valence-corrected chi connectivity index (χ1v) is 3.35. The van der Waals surface area contributed by atoms with E-state index in [1.165, 1.54) is 0 Å². The molecule has 1 aliphatic rings. The van der Waals surface area contributed by atoms with E-state index in [1.54, 1.807) is 0 Å². The van der Waals surface area contributed by atoms with Crippen molar-refractivity contribution in [3.8, 4) is 0 Å². The number of halogens is 2. The van der Waals surface area contributed by atoms with E-state index in [4.69, 9.17) is 23.2 Å². The smallest absolute Gasteiger partial charge is 0.122 e. The highest BCUT2D eigenvalue weighted by Crippen LogP contribution is 2.54. The Kier molecular flexibility index (Phi) is 1.61. The molecule has 0 aromatic carbocycles. The lowest BCUT2D eigenvalue weighted by atomic mass is 10.3. The third-order valence-corrected chi connectivity index (χ3v) is 2.29. The molecule has 0 N–H and O–H groups in total. The highest BCUT2D eigenvalue weighted by atomic mass is 35.5. The van der Waals surface area contributed by atoms with E-state index < -0.39 is 10.3 Å². The maximum Gasteiger partial charge on any atom is 0.122 e. The molecule has 1 rings (SSSR count). The first-order chi connectivity index (χ1) is 4.02. The predicted molar refractivity (Wildman–Crippen MR) is 32.2 cm³/mol. The number of carbonyl (C=O) groups excluding carboxylic acids is 1. The summed E-state index contributed by atoms with van der Waals surface area (Å²) in [5.74, 6) is -1.17. The molecule has 0 heterocycles. The van der Waals surface area contributed by atoms with E-state index in [2.05, 4.69) is 0 Å². The van der Waals surface area contributed by atoms with Gasteiger partial charge in [-0.15, -0.1) is 23.2 Å². The molecule has 0 radical (unpaired) electrons. The van der Waals surface area contributed by atoms with Crippen LogP contribution in [0.15, 0.2) is 0 Å². The Bertz CT molecular complexity index is 144. The molecule has 0 aromatic heterocycles. The van der Waals surface area contributed by atoms with Crippen molar-refractivity contribution in [2.75, 3.05) is 0 Å². The van der Waals surface area contributed by atoms with Crippen molar-refractivity contribution in [3.05, 3.63) is 0 Å². The summed E-state index contributed by atoms with van der Waals surface area (Å²) in [4.78, 5) is 9.91. The molecule has 9 heavy (non-hydrogen) atoms. The van der Waals surface area contributed by atoms with E-state index in [-0.39, 0.29) is 12.3 Å². The molecular formula is C5H5Cl2O2-. The molecule has 0 saturated heterocycles. The van der Waals surface area contributed by atoms with Gasteiger partial charge in [0.2, 0.25) is 0 Å². The second-order valence-electron chi connectivity index (χ2n) is 2.24. The number of hydrogen-bond donors (Lipinski definition) is 0. The molecule has 0 bridgehead atoms. The van der Waals surface area contributed by atoms with Gasteiger partial charge < -0.3 is 9.90 Å². The van der Waals surface area contributed by atoms with Gasteiger partial charge in [0.15, 0.2) is 0 Å². The molecule has 1 unspecified atom stereocenters. The van der Waals surface area contributed by atoms with Crippen LogP contribution in [0.25, 0.3) is 0 Å². The van der Waals surface area contributed by atoms with Gasteiger partial charge in [0.1, 0.15) is 4.33 Å². The SMILES string of the molecule is O=C([O-])CC1CC1(Cl)Cl. The largest absolute Gasteiger partial charge is 0.550 e. The van der Waals surface area contributed by atoms with Crippen molar-refractivity contribution in [1.82, 2.24) is 0 Å². The van der Waals surface area contributed by atoms with Crippen LogP contribution in [-0.4, -0.2) is 10.3 Å². The normalized spacial score (nSPS) is 29.8. The average Bonchev–Trinajstić information content (AvgIpc) is 2.10. The fourth-order valence-corrected chi connectivity index (χ4v) is 1.22. The summed E-state index contributed by atoms with van der Waals surface area (Å²) in [5, 5.41) is 9.91. The number of rotatable bonds is 2. The lowest BCUT2D eigenvalue weighted by Gasteiger charge is -1.99. The van der Waals surface area contributed by atoms with Crippen molar-refractivity contribution < 1.29 is 9.90 Å². The van der Waals surface area contributed by atoms with Crippen molar-refractivity contribution in [1.29, 1.82) is 0 Å². The molecule has 0 aliphatic heterocycles. The summed E-state index contributed by atoms with van der Waals surface area (Å²) >= 11 is 11.1. The average molecular weight is 168 g/mol. The molecule has 1 atom stereocenters. The van der Waals surface area contributed by atoms with Crippen LogP contribution >= 0.6 is 23.2 Å². The van der Waals surface area contributed by atoms with Crippen molar-refractivity contribution >= 4 is 29.2 Å². The second-order valence-corrected chi connectivity index (χ2v) is 3.78. The van der Waals surface area contributed by atoms with E-state index >= 15 is 0 Å². The third-order valence-electron chi connectivity index (χ3n) is 1.37. The van der Waals surface area contributed by atoms with Gasteiger partial charge >= 0.3 is 0 Å². The number of aliphatic carboxylic acids is 1. The van der Waals surface area contributed by atoms with E-state index in [0.29, 0.717) is 6.42 Å². The molecule has 1 fully saturated rings. The molecule has 1 aliphatic carbocycles. The van der Waals surface area contributed by atoms with Crippen LogP contribution in [0.2, 0.25) is 0 Å². The van der Waals surface area contributed by atoms with Crippen LogP contribution in [0.5, 0.6) is 0 Å². The molecule has 0 spiro atoms. The molecule has 1 saturated carbocycles. The minimum atomic E-state index is -1.08. The molecule has 0 aromatic rings. The minimum absolute atomic E-state index is 0.0208. The lowest BCUT2D eigenvalue weighted by Crippen LogP contribution is -2.23. The molecule has 2 nitrogen and oxygen atoms in total. The van der Waals surface area contributed by atoms with Crippen LogP contribution in [0.4, 0.5) is 0 Å². The Labute approximate surface area is 62.8 Å². The molecular weight excluding hydrogens is 163 g/mol. The molecule has 52 valence electrons. The zero-order chi connectivity index (χ0) is 7.07. The van der Waals surface area contributed by atoms with E-state index in [0.717, 1.165) is 0 Å². The van der Waals surface area contributed by atoms with Crippen LogP contribution in [0.1, 0.15) is 12.8 Å². The maximum absolute atomic E-state index is 9.91. The van der Waals surface area contributed by atoms with Crippen LogP contribution < -0.4 is 5.11 Å². The van der Waals surface area contributed by atoms with Gasteiger partial charge in [0, 0.05) is 5.97 Å². The van der Waals surface area contributed by atoms with E-state index in [1.807, 2.05) is 0 Å². The highest BCUT2D eigenvalue weighted by molar-refractivity contribution is 6.50. The zero-order valence-electron chi connectivity index (χ0n) is 4.56. The fourth-order valence-electron chi connectivity index (χ4n) is 0.692. The summed E-state index contributed by atoms with van der Waals surface area (Å²) in [6.45, 7) is 0. The summed E-state index contributed by atoms with van der Waals surface area (Å²) in [6, 6.07) is 0. The van der Waals surface area contributed by atoms with Gasteiger partial charge in [-0.25, -0.2) is 0 Å². The Morgan fingerprint density at radius 2 is 2.22 bits per heavy atom. The van der Waals surface area contributed by atoms with Crippen LogP contribution in [0.3, 0.4) is 0 Å². The van der Waals surface area contributed by atoms with Gasteiger partial charge in [0.05, 0.1) is 0 Å². The maximum atomic E-state index is 9.91. The lowest BCUT2D eigenvalue weighted by molar-refractivity contribution is -0.306.